The van der Waals surface area contributed by atoms with Crippen molar-refractivity contribution in [3.8, 4) is 5.75 Å². The fraction of sp³-hybridized carbons (Fsp3) is 0.520. The Labute approximate surface area is 170 Å². The molecular formula is C25H34N2O. The molecular weight excluding hydrogens is 344 g/mol. The predicted molar refractivity (Wildman–Crippen MR) is 116 cm³/mol. The van der Waals surface area contributed by atoms with E-state index in [4.69, 9.17) is 4.74 Å². The van der Waals surface area contributed by atoms with Gasteiger partial charge in [0.1, 0.15) is 5.75 Å². The monoisotopic (exact) mass is 378 g/mol. The standard InChI is InChI=1S/C25H34N2O/c1-28-24-14-12-21(13-15-24)20-26-16-18-27(19-17-26)25(22-8-4-2-5-9-22)23-10-6-3-7-11-23/h2,4-5,8-9,12-15,23,25H,3,6-7,10-11,16-20H2,1H3. The third-order valence-electron chi connectivity index (χ3n) is 6.60. The lowest BCUT2D eigenvalue weighted by atomic mass is 9.80. The molecule has 1 saturated carbocycles. The number of piperazine rings is 1. The zero-order valence-electron chi connectivity index (χ0n) is 17.2. The molecule has 4 rings (SSSR count). The summed E-state index contributed by atoms with van der Waals surface area (Å²) >= 11 is 0. The van der Waals surface area contributed by atoms with Gasteiger partial charge in [-0.15, -0.1) is 0 Å². The first-order chi connectivity index (χ1) is 13.8. The third-order valence-corrected chi connectivity index (χ3v) is 6.60. The van der Waals surface area contributed by atoms with Gasteiger partial charge in [0, 0.05) is 38.8 Å². The minimum Gasteiger partial charge on any atom is -0.497 e. The zero-order valence-corrected chi connectivity index (χ0v) is 17.2. The van der Waals surface area contributed by atoms with Crippen LogP contribution in [0, 0.1) is 5.92 Å². The van der Waals surface area contributed by atoms with Crippen LogP contribution < -0.4 is 4.74 Å². The normalized spacial score (nSPS) is 20.8. The van der Waals surface area contributed by atoms with Gasteiger partial charge in [0.15, 0.2) is 0 Å². The minimum absolute atomic E-state index is 0.602. The lowest BCUT2D eigenvalue weighted by molar-refractivity contribution is 0.0547. The van der Waals surface area contributed by atoms with Gasteiger partial charge in [-0.3, -0.25) is 9.80 Å². The van der Waals surface area contributed by atoms with Crippen LogP contribution in [0.2, 0.25) is 0 Å². The van der Waals surface area contributed by atoms with Crippen molar-refractivity contribution in [3.63, 3.8) is 0 Å². The molecule has 2 fully saturated rings. The van der Waals surface area contributed by atoms with Crippen LogP contribution in [0.15, 0.2) is 54.6 Å². The SMILES string of the molecule is COc1ccc(CN2CCN(C(c3ccccc3)C3CCCCC3)CC2)cc1. The second-order valence-corrected chi connectivity index (χ2v) is 8.41. The van der Waals surface area contributed by atoms with Crippen LogP contribution in [0.3, 0.4) is 0 Å². The average molecular weight is 379 g/mol. The minimum atomic E-state index is 0.602. The van der Waals surface area contributed by atoms with Crippen molar-refractivity contribution in [1.29, 1.82) is 0 Å². The highest BCUT2D eigenvalue weighted by molar-refractivity contribution is 5.27. The Balaban J connectivity index is 1.39. The third kappa shape index (κ3) is 4.76. The molecule has 150 valence electrons. The Morgan fingerprint density at radius 3 is 2.18 bits per heavy atom. The van der Waals surface area contributed by atoms with Gasteiger partial charge in [-0.1, -0.05) is 61.7 Å². The van der Waals surface area contributed by atoms with Gasteiger partial charge in [-0.2, -0.15) is 0 Å². The molecule has 0 spiro atoms. The van der Waals surface area contributed by atoms with Crippen LogP contribution in [-0.4, -0.2) is 43.1 Å². The Kier molecular flexibility index (Phi) is 6.66. The van der Waals surface area contributed by atoms with Gasteiger partial charge >= 0.3 is 0 Å². The van der Waals surface area contributed by atoms with E-state index in [1.54, 1.807) is 7.11 Å². The van der Waals surface area contributed by atoms with Crippen LogP contribution in [0.5, 0.6) is 5.75 Å². The highest BCUT2D eigenvalue weighted by Crippen LogP contribution is 2.38. The smallest absolute Gasteiger partial charge is 0.118 e. The van der Waals surface area contributed by atoms with E-state index < -0.39 is 0 Å². The summed E-state index contributed by atoms with van der Waals surface area (Å²) in [5, 5.41) is 0. The number of benzene rings is 2. The molecule has 1 unspecified atom stereocenters. The quantitative estimate of drug-likeness (QED) is 0.693. The highest BCUT2D eigenvalue weighted by Gasteiger charge is 2.32. The number of hydrogen-bond acceptors (Lipinski definition) is 3. The molecule has 2 aliphatic rings. The van der Waals surface area contributed by atoms with Crippen LogP contribution in [-0.2, 0) is 6.54 Å². The molecule has 1 saturated heterocycles. The summed E-state index contributed by atoms with van der Waals surface area (Å²) < 4.78 is 5.28. The number of ether oxygens (including phenoxy) is 1. The maximum absolute atomic E-state index is 5.28. The van der Waals surface area contributed by atoms with E-state index in [0.29, 0.717) is 6.04 Å². The van der Waals surface area contributed by atoms with Gasteiger partial charge in [-0.25, -0.2) is 0 Å². The Morgan fingerprint density at radius 2 is 1.54 bits per heavy atom. The molecule has 1 heterocycles. The second kappa shape index (κ2) is 9.58. The fourth-order valence-electron chi connectivity index (χ4n) is 5.07. The fourth-order valence-corrected chi connectivity index (χ4v) is 5.07. The molecule has 1 aliphatic heterocycles. The largest absolute Gasteiger partial charge is 0.497 e. The van der Waals surface area contributed by atoms with E-state index in [-0.39, 0.29) is 0 Å². The summed E-state index contributed by atoms with van der Waals surface area (Å²) in [5.74, 6) is 1.76. The molecule has 1 aliphatic carbocycles. The van der Waals surface area contributed by atoms with E-state index in [0.717, 1.165) is 31.3 Å². The number of nitrogens with zero attached hydrogens (tertiary/aromatic N) is 2. The van der Waals surface area contributed by atoms with Crippen LogP contribution in [0.25, 0.3) is 0 Å². The van der Waals surface area contributed by atoms with Gasteiger partial charge in [0.2, 0.25) is 0 Å². The molecule has 2 aromatic carbocycles. The number of methoxy groups -OCH3 is 1. The number of hydrogen-bond donors (Lipinski definition) is 0. The van der Waals surface area contributed by atoms with Crippen molar-refractivity contribution in [2.75, 3.05) is 33.3 Å². The second-order valence-electron chi connectivity index (χ2n) is 8.41. The number of rotatable bonds is 6. The Morgan fingerprint density at radius 1 is 0.857 bits per heavy atom. The summed E-state index contributed by atoms with van der Waals surface area (Å²) in [4.78, 5) is 5.37. The molecule has 0 N–H and O–H groups in total. The highest BCUT2D eigenvalue weighted by atomic mass is 16.5. The van der Waals surface area contributed by atoms with Crippen molar-refractivity contribution < 1.29 is 4.74 Å². The van der Waals surface area contributed by atoms with Crippen LogP contribution in [0.4, 0.5) is 0 Å². The first-order valence-electron chi connectivity index (χ1n) is 11.0. The van der Waals surface area contributed by atoms with Crippen molar-refractivity contribution in [1.82, 2.24) is 9.80 Å². The summed E-state index contributed by atoms with van der Waals surface area (Å²) in [6.45, 7) is 5.69. The van der Waals surface area contributed by atoms with Crippen LogP contribution in [0.1, 0.15) is 49.3 Å². The molecule has 0 radical (unpaired) electrons. The summed E-state index contributed by atoms with van der Waals surface area (Å²) in [5.41, 5.74) is 2.90. The first-order valence-corrected chi connectivity index (χ1v) is 11.0. The molecule has 0 amide bonds. The summed E-state index contributed by atoms with van der Waals surface area (Å²) in [6.07, 6.45) is 7.03. The van der Waals surface area contributed by atoms with Crippen LogP contribution >= 0.6 is 0 Å². The molecule has 3 nitrogen and oxygen atoms in total. The van der Waals surface area contributed by atoms with Crippen molar-refractivity contribution in [2.24, 2.45) is 5.92 Å². The predicted octanol–water partition coefficient (Wildman–Crippen LogP) is 5.13. The summed E-state index contributed by atoms with van der Waals surface area (Å²) in [7, 11) is 1.73. The van der Waals surface area contributed by atoms with E-state index in [1.165, 1.54) is 56.3 Å². The van der Waals surface area contributed by atoms with E-state index in [2.05, 4.69) is 64.4 Å². The van der Waals surface area contributed by atoms with E-state index in [9.17, 15) is 0 Å². The molecule has 0 bridgehead atoms. The Bertz CT molecular complexity index is 701. The van der Waals surface area contributed by atoms with E-state index in [1.807, 2.05) is 0 Å². The van der Waals surface area contributed by atoms with Gasteiger partial charge in [0.05, 0.1) is 7.11 Å². The summed E-state index contributed by atoms with van der Waals surface area (Å²) in [6, 6.07) is 20.4. The average Bonchev–Trinajstić information content (AvgIpc) is 2.77. The van der Waals surface area contributed by atoms with Gasteiger partial charge in [0.25, 0.3) is 0 Å². The Hall–Kier alpha value is -1.84. The van der Waals surface area contributed by atoms with Crippen molar-refractivity contribution in [3.05, 3.63) is 65.7 Å². The topological polar surface area (TPSA) is 15.7 Å². The van der Waals surface area contributed by atoms with Gasteiger partial charge in [-0.05, 0) is 42.0 Å². The van der Waals surface area contributed by atoms with Gasteiger partial charge < -0.3 is 4.74 Å². The van der Waals surface area contributed by atoms with Crippen molar-refractivity contribution >= 4 is 0 Å². The molecule has 1 atom stereocenters. The maximum Gasteiger partial charge on any atom is 0.118 e. The first kappa shape index (κ1) is 19.5. The molecule has 3 heteroatoms. The zero-order chi connectivity index (χ0) is 19.2. The molecule has 28 heavy (non-hydrogen) atoms. The lowest BCUT2D eigenvalue weighted by Gasteiger charge is -2.43. The van der Waals surface area contributed by atoms with Crippen molar-refractivity contribution in [2.45, 2.75) is 44.7 Å². The van der Waals surface area contributed by atoms with E-state index >= 15 is 0 Å². The molecule has 0 aromatic heterocycles. The molecule has 2 aromatic rings. The maximum atomic E-state index is 5.28. The lowest BCUT2D eigenvalue weighted by Crippen LogP contribution is -2.48.